The highest BCUT2D eigenvalue weighted by molar-refractivity contribution is 6.01. The van der Waals surface area contributed by atoms with Crippen LogP contribution in [0.1, 0.15) is 23.7 Å². The van der Waals surface area contributed by atoms with E-state index in [4.69, 9.17) is 28.4 Å². The molecule has 0 bridgehead atoms. The van der Waals surface area contributed by atoms with E-state index in [1.165, 1.54) is 21.3 Å². The molecule has 0 aromatic heterocycles. The third-order valence-corrected chi connectivity index (χ3v) is 2.65. The number of rotatable bonds is 11. The van der Waals surface area contributed by atoms with E-state index in [1.807, 2.05) is 0 Å². The van der Waals surface area contributed by atoms with Crippen molar-refractivity contribution in [2.24, 2.45) is 0 Å². The lowest BCUT2D eigenvalue weighted by molar-refractivity contribution is 0.0398. The molecule has 0 N–H and O–H groups in total. The summed E-state index contributed by atoms with van der Waals surface area (Å²) < 4.78 is 31.0. The molecule has 22 heavy (non-hydrogen) atoms. The Balaban J connectivity index is 3.22. The fraction of sp³-hybridized carbons (Fsp3) is 0.533. The summed E-state index contributed by atoms with van der Waals surface area (Å²) in [7, 11) is 4.50. The van der Waals surface area contributed by atoms with Crippen molar-refractivity contribution in [1.29, 1.82) is 0 Å². The smallest absolute Gasteiger partial charge is 0.188 e. The van der Waals surface area contributed by atoms with E-state index in [2.05, 4.69) is 0 Å². The molecule has 0 amide bonds. The van der Waals surface area contributed by atoms with Crippen molar-refractivity contribution >= 4 is 5.78 Å². The molecule has 0 saturated carbocycles. The Labute approximate surface area is 130 Å². The molecular weight excluding hydrogens is 292 g/mol. The Kier molecular flexibility index (Phi) is 8.27. The summed E-state index contributed by atoms with van der Waals surface area (Å²) in [6.45, 7) is 1.83. The molecule has 7 heteroatoms. The van der Waals surface area contributed by atoms with Gasteiger partial charge in [0.25, 0.3) is 0 Å². The van der Waals surface area contributed by atoms with Gasteiger partial charge in [-0.15, -0.1) is 0 Å². The molecule has 124 valence electrons. The monoisotopic (exact) mass is 314 g/mol. The molecule has 0 saturated heterocycles. The van der Waals surface area contributed by atoms with Crippen molar-refractivity contribution in [3.05, 3.63) is 17.7 Å². The van der Waals surface area contributed by atoms with Crippen molar-refractivity contribution in [2.45, 2.75) is 13.3 Å². The molecular formula is C15H22O7. The summed E-state index contributed by atoms with van der Waals surface area (Å²) in [5.41, 5.74) is 0.335. The minimum Gasteiger partial charge on any atom is -0.467 e. The zero-order valence-corrected chi connectivity index (χ0v) is 13.3. The van der Waals surface area contributed by atoms with Gasteiger partial charge in [0.1, 0.15) is 22.8 Å². The van der Waals surface area contributed by atoms with Crippen LogP contribution in [-0.2, 0) is 14.2 Å². The first kappa shape index (κ1) is 18.2. The molecule has 0 spiro atoms. The first-order chi connectivity index (χ1) is 10.7. The van der Waals surface area contributed by atoms with E-state index in [1.54, 1.807) is 19.1 Å². The van der Waals surface area contributed by atoms with Gasteiger partial charge in [0.05, 0.1) is 0 Å². The number of carbonyl (C=O) groups is 1. The van der Waals surface area contributed by atoms with Gasteiger partial charge in [-0.3, -0.25) is 4.79 Å². The van der Waals surface area contributed by atoms with Crippen LogP contribution in [0.25, 0.3) is 0 Å². The Morgan fingerprint density at radius 2 is 1.32 bits per heavy atom. The van der Waals surface area contributed by atoms with Crippen molar-refractivity contribution in [2.75, 3.05) is 41.7 Å². The van der Waals surface area contributed by atoms with Gasteiger partial charge in [-0.1, -0.05) is 6.92 Å². The maximum absolute atomic E-state index is 12.2. The third-order valence-electron chi connectivity index (χ3n) is 2.65. The van der Waals surface area contributed by atoms with Crippen molar-refractivity contribution < 1.29 is 33.2 Å². The second-order valence-corrected chi connectivity index (χ2v) is 4.22. The number of hydrogen-bond acceptors (Lipinski definition) is 7. The van der Waals surface area contributed by atoms with Gasteiger partial charge in [0.2, 0.25) is 0 Å². The van der Waals surface area contributed by atoms with Gasteiger partial charge < -0.3 is 28.4 Å². The predicted octanol–water partition coefficient (Wildman–Crippen LogP) is 2.23. The summed E-state index contributed by atoms with van der Waals surface area (Å²) in [5.74, 6) is 0.990. The molecule has 0 aliphatic heterocycles. The molecule has 1 rings (SSSR count). The van der Waals surface area contributed by atoms with E-state index in [9.17, 15) is 4.79 Å². The van der Waals surface area contributed by atoms with Gasteiger partial charge in [-0.2, -0.15) is 0 Å². The summed E-state index contributed by atoms with van der Waals surface area (Å²) in [5, 5.41) is 0. The SMILES string of the molecule is CCC(=O)c1c(OCOC)cc(OCOC)cc1OCOC. The average Bonchev–Trinajstić information content (AvgIpc) is 2.55. The minimum atomic E-state index is -0.115. The number of Topliss-reactive ketones (excluding diaryl/α,β-unsaturated/α-hetero) is 1. The number of methoxy groups -OCH3 is 3. The fourth-order valence-corrected chi connectivity index (χ4v) is 1.70. The molecule has 0 radical (unpaired) electrons. The molecule has 1 aromatic rings. The molecule has 0 unspecified atom stereocenters. The molecule has 0 heterocycles. The Morgan fingerprint density at radius 3 is 1.73 bits per heavy atom. The van der Waals surface area contributed by atoms with E-state index < -0.39 is 0 Å². The fourth-order valence-electron chi connectivity index (χ4n) is 1.70. The van der Waals surface area contributed by atoms with Crippen LogP contribution in [0.3, 0.4) is 0 Å². The van der Waals surface area contributed by atoms with Gasteiger partial charge in [-0.05, 0) is 0 Å². The second-order valence-electron chi connectivity index (χ2n) is 4.22. The topological polar surface area (TPSA) is 72.5 Å². The lowest BCUT2D eigenvalue weighted by Gasteiger charge is -2.17. The number of ether oxygens (including phenoxy) is 6. The Morgan fingerprint density at radius 1 is 0.864 bits per heavy atom. The maximum atomic E-state index is 12.2. The summed E-state index contributed by atoms with van der Waals surface area (Å²) in [4.78, 5) is 12.2. The highest BCUT2D eigenvalue weighted by Crippen LogP contribution is 2.35. The zero-order valence-electron chi connectivity index (χ0n) is 13.3. The van der Waals surface area contributed by atoms with Gasteiger partial charge in [0.15, 0.2) is 26.2 Å². The van der Waals surface area contributed by atoms with Gasteiger partial charge in [0, 0.05) is 39.9 Å². The van der Waals surface area contributed by atoms with Gasteiger partial charge >= 0.3 is 0 Å². The largest absolute Gasteiger partial charge is 0.467 e. The third kappa shape index (κ3) is 5.18. The van der Waals surface area contributed by atoms with Crippen LogP contribution >= 0.6 is 0 Å². The van der Waals surface area contributed by atoms with E-state index in [-0.39, 0.29) is 26.2 Å². The molecule has 0 aliphatic rings. The number of benzene rings is 1. The van der Waals surface area contributed by atoms with Crippen LogP contribution in [0.2, 0.25) is 0 Å². The van der Waals surface area contributed by atoms with E-state index in [0.717, 1.165) is 0 Å². The quantitative estimate of drug-likeness (QED) is 0.458. The van der Waals surface area contributed by atoms with Crippen LogP contribution in [-0.4, -0.2) is 47.5 Å². The van der Waals surface area contributed by atoms with Crippen LogP contribution in [0.5, 0.6) is 17.2 Å². The molecule has 7 nitrogen and oxygen atoms in total. The van der Waals surface area contributed by atoms with Crippen LogP contribution < -0.4 is 14.2 Å². The van der Waals surface area contributed by atoms with Crippen molar-refractivity contribution in [3.8, 4) is 17.2 Å². The predicted molar refractivity (Wildman–Crippen MR) is 78.6 cm³/mol. The first-order valence-corrected chi connectivity index (χ1v) is 6.74. The normalized spacial score (nSPS) is 10.4. The number of ketones is 1. The minimum absolute atomic E-state index is 0.00143. The molecule has 0 atom stereocenters. The summed E-state index contributed by atoms with van der Waals surface area (Å²) in [6.07, 6.45) is 0.310. The number of carbonyl (C=O) groups excluding carboxylic acids is 1. The van der Waals surface area contributed by atoms with E-state index >= 15 is 0 Å². The van der Waals surface area contributed by atoms with Crippen molar-refractivity contribution in [1.82, 2.24) is 0 Å². The van der Waals surface area contributed by atoms with Crippen molar-refractivity contribution in [3.63, 3.8) is 0 Å². The molecule has 0 aliphatic carbocycles. The first-order valence-electron chi connectivity index (χ1n) is 6.74. The molecule has 1 aromatic carbocycles. The average molecular weight is 314 g/mol. The van der Waals surface area contributed by atoms with E-state index in [0.29, 0.717) is 29.2 Å². The highest BCUT2D eigenvalue weighted by Gasteiger charge is 2.20. The maximum Gasteiger partial charge on any atom is 0.188 e. The van der Waals surface area contributed by atoms with Gasteiger partial charge in [-0.25, -0.2) is 0 Å². The lowest BCUT2D eigenvalue weighted by atomic mass is 10.1. The lowest BCUT2D eigenvalue weighted by Crippen LogP contribution is -2.11. The molecule has 0 fully saturated rings. The summed E-state index contributed by atoms with van der Waals surface area (Å²) >= 11 is 0. The Bertz CT molecular complexity index is 444. The number of hydrogen-bond donors (Lipinski definition) is 0. The standard InChI is InChI=1S/C15H22O7/c1-5-12(16)15-13(21-9-18-3)6-11(20-8-17-2)7-14(15)22-10-19-4/h6-7H,5,8-10H2,1-4H3. The Hall–Kier alpha value is -1.83. The van der Waals surface area contributed by atoms with Crippen LogP contribution in [0, 0.1) is 0 Å². The second kappa shape index (κ2) is 9.99. The summed E-state index contributed by atoms with van der Waals surface area (Å²) in [6, 6.07) is 3.20. The highest BCUT2D eigenvalue weighted by atomic mass is 16.7. The zero-order chi connectivity index (χ0) is 16.4. The van der Waals surface area contributed by atoms with Crippen LogP contribution in [0.4, 0.5) is 0 Å². The van der Waals surface area contributed by atoms with Crippen LogP contribution in [0.15, 0.2) is 12.1 Å².